The number of thiophene rings is 1. The second-order valence-corrected chi connectivity index (χ2v) is 9.34. The summed E-state index contributed by atoms with van der Waals surface area (Å²) in [6.07, 6.45) is 8.91. The van der Waals surface area contributed by atoms with Crippen molar-refractivity contribution in [2.24, 2.45) is 0 Å². The predicted molar refractivity (Wildman–Crippen MR) is 104 cm³/mol. The van der Waals surface area contributed by atoms with E-state index in [9.17, 15) is 0 Å². The van der Waals surface area contributed by atoms with Gasteiger partial charge in [-0.3, -0.25) is 0 Å². The molecule has 0 spiro atoms. The molecule has 0 N–H and O–H groups in total. The molecule has 0 fully saturated rings. The molecule has 0 aromatic carbocycles. The number of aromatic nitrogens is 3. The summed E-state index contributed by atoms with van der Waals surface area (Å²) in [7, 11) is 0. The lowest BCUT2D eigenvalue weighted by molar-refractivity contribution is 0.675. The van der Waals surface area contributed by atoms with E-state index in [-0.39, 0.29) is 0 Å². The van der Waals surface area contributed by atoms with Crippen molar-refractivity contribution in [3.8, 4) is 0 Å². The highest BCUT2D eigenvalue weighted by Crippen LogP contribution is 2.42. The first-order valence-electron chi connectivity index (χ1n) is 8.93. The molecule has 0 bridgehead atoms. The Balaban J connectivity index is 2.02. The number of thioether (sulfide) groups is 1. The summed E-state index contributed by atoms with van der Waals surface area (Å²) in [6.45, 7) is 6.67. The maximum atomic E-state index is 5.08. The van der Waals surface area contributed by atoms with E-state index < -0.39 is 0 Å². The van der Waals surface area contributed by atoms with Crippen LogP contribution in [-0.2, 0) is 19.3 Å². The number of fused-ring (bicyclic) bond motifs is 5. The van der Waals surface area contributed by atoms with E-state index >= 15 is 0 Å². The molecule has 0 atom stereocenters. The van der Waals surface area contributed by atoms with Crippen LogP contribution >= 0.6 is 23.1 Å². The standard InChI is InChI=1S/C19H23N3S2/c1-4-7-14-12-8-5-6-9-13(12)15-16-17(24-18(15)22-14)19(21-10-20-16)23-11(2)3/h10-11H,4-9H2,1-3H3. The van der Waals surface area contributed by atoms with E-state index in [0.29, 0.717) is 5.25 Å². The van der Waals surface area contributed by atoms with Crippen molar-refractivity contribution in [3.63, 3.8) is 0 Å². The molecule has 0 saturated heterocycles. The molecule has 0 aliphatic heterocycles. The maximum absolute atomic E-state index is 5.08. The van der Waals surface area contributed by atoms with Crippen LogP contribution < -0.4 is 0 Å². The second kappa shape index (κ2) is 6.60. The highest BCUT2D eigenvalue weighted by atomic mass is 32.2. The monoisotopic (exact) mass is 357 g/mol. The van der Waals surface area contributed by atoms with Crippen LogP contribution in [0.4, 0.5) is 0 Å². The first-order valence-corrected chi connectivity index (χ1v) is 10.6. The van der Waals surface area contributed by atoms with Crippen molar-refractivity contribution in [3.05, 3.63) is 23.1 Å². The lowest BCUT2D eigenvalue weighted by Gasteiger charge is -2.19. The predicted octanol–water partition coefficient (Wildman–Crippen LogP) is 5.57. The van der Waals surface area contributed by atoms with Gasteiger partial charge in [0.05, 0.1) is 10.2 Å². The lowest BCUT2D eigenvalue weighted by atomic mass is 9.88. The van der Waals surface area contributed by atoms with Gasteiger partial charge in [-0.2, -0.15) is 0 Å². The van der Waals surface area contributed by atoms with Gasteiger partial charge in [0, 0.05) is 16.3 Å². The molecule has 3 heterocycles. The zero-order valence-corrected chi connectivity index (χ0v) is 16.2. The zero-order chi connectivity index (χ0) is 16.7. The Hall–Kier alpha value is -1.20. The minimum Gasteiger partial charge on any atom is -0.242 e. The third-order valence-electron chi connectivity index (χ3n) is 4.61. The van der Waals surface area contributed by atoms with Crippen LogP contribution in [-0.4, -0.2) is 20.2 Å². The van der Waals surface area contributed by atoms with Crippen LogP contribution in [0, 0.1) is 0 Å². The van der Waals surface area contributed by atoms with Gasteiger partial charge in [-0.25, -0.2) is 15.0 Å². The lowest BCUT2D eigenvalue weighted by Crippen LogP contribution is -2.09. The van der Waals surface area contributed by atoms with Crippen molar-refractivity contribution < 1.29 is 0 Å². The first-order chi connectivity index (χ1) is 11.7. The van der Waals surface area contributed by atoms with Crippen molar-refractivity contribution in [2.75, 3.05) is 0 Å². The summed E-state index contributed by atoms with van der Waals surface area (Å²) in [5, 5.41) is 2.95. The molecule has 3 aromatic rings. The SMILES string of the molecule is CCCc1nc2sc3c(SC(C)C)ncnc3c2c2c1CCCC2. The van der Waals surface area contributed by atoms with Gasteiger partial charge < -0.3 is 0 Å². The van der Waals surface area contributed by atoms with Crippen molar-refractivity contribution in [1.82, 2.24) is 15.0 Å². The largest absolute Gasteiger partial charge is 0.242 e. The van der Waals surface area contributed by atoms with E-state index in [4.69, 9.17) is 4.98 Å². The molecule has 126 valence electrons. The number of aryl methyl sites for hydroxylation is 2. The molecule has 24 heavy (non-hydrogen) atoms. The van der Waals surface area contributed by atoms with Gasteiger partial charge in [0.2, 0.25) is 0 Å². The molecule has 5 heteroatoms. The molecular weight excluding hydrogens is 334 g/mol. The first kappa shape index (κ1) is 16.3. The molecule has 0 amide bonds. The van der Waals surface area contributed by atoms with E-state index in [1.54, 1.807) is 17.7 Å². The molecule has 1 aliphatic carbocycles. The number of nitrogens with zero attached hydrogens (tertiary/aromatic N) is 3. The number of pyridine rings is 1. The Morgan fingerprint density at radius 1 is 1.17 bits per heavy atom. The quantitative estimate of drug-likeness (QED) is 0.452. The topological polar surface area (TPSA) is 38.7 Å². The molecule has 1 aliphatic rings. The molecule has 0 radical (unpaired) electrons. The minimum atomic E-state index is 0.519. The number of hydrogen-bond donors (Lipinski definition) is 0. The fraction of sp³-hybridized carbons (Fsp3) is 0.526. The Kier molecular flexibility index (Phi) is 4.48. The Bertz CT molecular complexity index is 899. The van der Waals surface area contributed by atoms with Gasteiger partial charge in [-0.1, -0.05) is 27.2 Å². The van der Waals surface area contributed by atoms with Crippen LogP contribution in [0.25, 0.3) is 20.4 Å². The van der Waals surface area contributed by atoms with Crippen LogP contribution in [0.1, 0.15) is 56.9 Å². The third kappa shape index (κ3) is 2.72. The summed E-state index contributed by atoms with van der Waals surface area (Å²) < 4.78 is 1.22. The van der Waals surface area contributed by atoms with Crippen LogP contribution in [0.5, 0.6) is 0 Å². The van der Waals surface area contributed by atoms with Gasteiger partial charge in [-0.05, 0) is 43.2 Å². The average molecular weight is 358 g/mol. The summed E-state index contributed by atoms with van der Waals surface area (Å²) >= 11 is 3.61. The van der Waals surface area contributed by atoms with E-state index in [1.807, 2.05) is 11.8 Å². The van der Waals surface area contributed by atoms with Gasteiger partial charge in [0.15, 0.2) is 0 Å². The smallest absolute Gasteiger partial charge is 0.126 e. The number of hydrogen-bond acceptors (Lipinski definition) is 5. The second-order valence-electron chi connectivity index (χ2n) is 6.78. The van der Waals surface area contributed by atoms with Gasteiger partial charge in [0.1, 0.15) is 16.2 Å². The van der Waals surface area contributed by atoms with Crippen LogP contribution in [0.2, 0.25) is 0 Å². The van der Waals surface area contributed by atoms with Gasteiger partial charge in [-0.15, -0.1) is 23.1 Å². The third-order valence-corrected chi connectivity index (χ3v) is 6.82. The van der Waals surface area contributed by atoms with E-state index in [0.717, 1.165) is 23.4 Å². The van der Waals surface area contributed by atoms with Crippen molar-refractivity contribution in [2.45, 2.75) is 69.6 Å². The molecule has 3 aromatic heterocycles. The van der Waals surface area contributed by atoms with E-state index in [1.165, 1.54) is 57.4 Å². The fourth-order valence-electron chi connectivity index (χ4n) is 3.67. The Labute approximate surface area is 151 Å². The summed E-state index contributed by atoms with van der Waals surface area (Å²) in [4.78, 5) is 15.5. The fourth-order valence-corrected chi connectivity index (χ4v) is 5.76. The molecule has 0 saturated carbocycles. The highest BCUT2D eigenvalue weighted by Gasteiger charge is 2.23. The van der Waals surface area contributed by atoms with E-state index in [2.05, 4.69) is 30.7 Å². The van der Waals surface area contributed by atoms with Gasteiger partial charge in [0.25, 0.3) is 0 Å². The van der Waals surface area contributed by atoms with Crippen LogP contribution in [0.15, 0.2) is 11.4 Å². The Morgan fingerprint density at radius 2 is 1.96 bits per heavy atom. The molecule has 3 nitrogen and oxygen atoms in total. The summed E-state index contributed by atoms with van der Waals surface area (Å²) in [5.41, 5.74) is 5.51. The summed E-state index contributed by atoms with van der Waals surface area (Å²) in [6, 6.07) is 0. The average Bonchev–Trinajstić information content (AvgIpc) is 2.94. The Morgan fingerprint density at radius 3 is 2.71 bits per heavy atom. The van der Waals surface area contributed by atoms with Crippen LogP contribution in [0.3, 0.4) is 0 Å². The zero-order valence-electron chi connectivity index (χ0n) is 14.6. The molecule has 0 unspecified atom stereocenters. The highest BCUT2D eigenvalue weighted by molar-refractivity contribution is 8.00. The van der Waals surface area contributed by atoms with Crippen molar-refractivity contribution >= 4 is 43.5 Å². The molecular formula is C19H23N3S2. The summed E-state index contributed by atoms with van der Waals surface area (Å²) in [5.74, 6) is 0. The van der Waals surface area contributed by atoms with Crippen molar-refractivity contribution in [1.29, 1.82) is 0 Å². The van der Waals surface area contributed by atoms with Gasteiger partial charge >= 0.3 is 0 Å². The molecule has 4 rings (SSSR count). The normalized spacial score (nSPS) is 14.7. The minimum absolute atomic E-state index is 0.519. The number of rotatable bonds is 4. The maximum Gasteiger partial charge on any atom is 0.126 e.